The minimum Gasteiger partial charge on any atom is -0.391 e. The molecule has 1 amide bonds. The molecule has 1 aromatic carbocycles. The van der Waals surface area contributed by atoms with E-state index >= 15 is 0 Å². The van der Waals surface area contributed by atoms with Gasteiger partial charge in [-0.1, -0.05) is 38.3 Å². The zero-order valence-corrected chi connectivity index (χ0v) is 12.8. The number of benzene rings is 1. The molecule has 2 rings (SSSR count). The number of hydrogen-bond donors (Lipinski definition) is 3. The molecule has 2 atom stereocenters. The molecule has 1 saturated carbocycles. The molecule has 0 spiro atoms. The Morgan fingerprint density at radius 2 is 2.00 bits per heavy atom. The zero-order valence-electron chi connectivity index (χ0n) is 12.8. The second-order valence-electron chi connectivity index (χ2n) is 5.76. The van der Waals surface area contributed by atoms with Gasteiger partial charge in [0.05, 0.1) is 17.7 Å². The van der Waals surface area contributed by atoms with Crippen LogP contribution in [-0.4, -0.2) is 29.7 Å². The van der Waals surface area contributed by atoms with Gasteiger partial charge >= 0.3 is 0 Å². The Morgan fingerprint density at radius 3 is 2.81 bits per heavy atom. The minimum atomic E-state index is -0.424. The second-order valence-corrected chi connectivity index (χ2v) is 5.76. The van der Waals surface area contributed by atoms with Crippen molar-refractivity contribution in [2.24, 2.45) is 0 Å². The summed E-state index contributed by atoms with van der Waals surface area (Å²) in [7, 11) is 0. The molecule has 3 N–H and O–H groups in total. The van der Waals surface area contributed by atoms with E-state index in [0.29, 0.717) is 5.56 Å². The molecule has 1 aliphatic carbocycles. The van der Waals surface area contributed by atoms with Gasteiger partial charge < -0.3 is 15.7 Å². The lowest BCUT2D eigenvalue weighted by molar-refractivity contribution is 0.0819. The number of aliphatic hydroxyl groups is 1. The van der Waals surface area contributed by atoms with Gasteiger partial charge in [-0.2, -0.15) is 0 Å². The number of anilines is 1. The summed E-state index contributed by atoms with van der Waals surface area (Å²) in [4.78, 5) is 12.5. The summed E-state index contributed by atoms with van der Waals surface area (Å²) in [6, 6.07) is 7.43. The van der Waals surface area contributed by atoms with Crippen LogP contribution in [0.3, 0.4) is 0 Å². The molecule has 0 heterocycles. The molecule has 0 radical (unpaired) electrons. The third-order valence-corrected chi connectivity index (χ3v) is 4.03. The van der Waals surface area contributed by atoms with Gasteiger partial charge in [0.25, 0.3) is 5.91 Å². The van der Waals surface area contributed by atoms with Crippen LogP contribution in [0.5, 0.6) is 0 Å². The van der Waals surface area contributed by atoms with E-state index in [4.69, 9.17) is 0 Å². The molecule has 4 nitrogen and oxygen atoms in total. The molecule has 2 unspecified atom stereocenters. The molecule has 21 heavy (non-hydrogen) atoms. The van der Waals surface area contributed by atoms with E-state index in [1.165, 1.54) is 0 Å². The maximum Gasteiger partial charge on any atom is 0.253 e. The molecular weight excluding hydrogens is 264 g/mol. The SMILES string of the molecule is CCCNc1ccccc1C(=O)NC1CCCCCC1O. The van der Waals surface area contributed by atoms with Crippen LogP contribution in [0.25, 0.3) is 0 Å². The van der Waals surface area contributed by atoms with Crippen LogP contribution >= 0.6 is 0 Å². The summed E-state index contributed by atoms with van der Waals surface area (Å²) in [6.07, 6.45) is 5.47. The summed E-state index contributed by atoms with van der Waals surface area (Å²) in [5, 5.41) is 16.4. The minimum absolute atomic E-state index is 0.0971. The Hall–Kier alpha value is -1.55. The van der Waals surface area contributed by atoms with Gasteiger partial charge in [0.15, 0.2) is 0 Å². The fourth-order valence-corrected chi connectivity index (χ4v) is 2.80. The first kappa shape index (κ1) is 15.8. The number of nitrogens with one attached hydrogen (secondary N) is 2. The summed E-state index contributed by atoms with van der Waals surface area (Å²) >= 11 is 0. The Labute approximate surface area is 126 Å². The fourth-order valence-electron chi connectivity index (χ4n) is 2.80. The van der Waals surface area contributed by atoms with Gasteiger partial charge in [-0.25, -0.2) is 0 Å². The van der Waals surface area contributed by atoms with E-state index in [2.05, 4.69) is 17.6 Å². The maximum absolute atomic E-state index is 12.5. The molecule has 1 aliphatic rings. The van der Waals surface area contributed by atoms with Gasteiger partial charge in [0.1, 0.15) is 0 Å². The number of amides is 1. The summed E-state index contributed by atoms with van der Waals surface area (Å²) in [5.41, 5.74) is 1.52. The Morgan fingerprint density at radius 1 is 1.24 bits per heavy atom. The van der Waals surface area contributed by atoms with Gasteiger partial charge in [-0.05, 0) is 31.4 Å². The molecule has 1 aromatic rings. The molecule has 0 bridgehead atoms. The normalized spacial score (nSPS) is 22.4. The van der Waals surface area contributed by atoms with Crippen molar-refractivity contribution in [3.05, 3.63) is 29.8 Å². The van der Waals surface area contributed by atoms with Crippen molar-refractivity contribution in [2.75, 3.05) is 11.9 Å². The van der Waals surface area contributed by atoms with Crippen LogP contribution in [0.2, 0.25) is 0 Å². The maximum atomic E-state index is 12.5. The van der Waals surface area contributed by atoms with E-state index < -0.39 is 6.10 Å². The molecule has 0 aromatic heterocycles. The number of carbonyl (C=O) groups is 1. The van der Waals surface area contributed by atoms with Crippen molar-refractivity contribution in [1.29, 1.82) is 0 Å². The van der Waals surface area contributed by atoms with E-state index in [0.717, 1.165) is 50.8 Å². The summed E-state index contributed by atoms with van der Waals surface area (Å²) in [6.45, 7) is 2.94. The average molecular weight is 290 g/mol. The van der Waals surface area contributed by atoms with Crippen molar-refractivity contribution >= 4 is 11.6 Å². The number of hydrogen-bond acceptors (Lipinski definition) is 3. The largest absolute Gasteiger partial charge is 0.391 e. The van der Waals surface area contributed by atoms with Crippen molar-refractivity contribution in [3.8, 4) is 0 Å². The van der Waals surface area contributed by atoms with Crippen molar-refractivity contribution in [3.63, 3.8) is 0 Å². The van der Waals surface area contributed by atoms with Crippen molar-refractivity contribution < 1.29 is 9.90 Å². The van der Waals surface area contributed by atoms with E-state index in [1.807, 2.05) is 24.3 Å². The van der Waals surface area contributed by atoms with Crippen LogP contribution < -0.4 is 10.6 Å². The van der Waals surface area contributed by atoms with Gasteiger partial charge in [-0.15, -0.1) is 0 Å². The van der Waals surface area contributed by atoms with Crippen LogP contribution in [0, 0.1) is 0 Å². The molecule has 1 fully saturated rings. The van der Waals surface area contributed by atoms with Gasteiger partial charge in [0, 0.05) is 12.2 Å². The average Bonchev–Trinajstić information content (AvgIpc) is 2.70. The Balaban J connectivity index is 2.05. The van der Waals surface area contributed by atoms with E-state index in [9.17, 15) is 9.90 Å². The highest BCUT2D eigenvalue weighted by Gasteiger charge is 2.24. The zero-order chi connectivity index (χ0) is 15.1. The number of para-hydroxylation sites is 1. The summed E-state index contributed by atoms with van der Waals surface area (Å²) < 4.78 is 0. The van der Waals surface area contributed by atoms with Crippen LogP contribution in [0.15, 0.2) is 24.3 Å². The van der Waals surface area contributed by atoms with Crippen molar-refractivity contribution in [1.82, 2.24) is 5.32 Å². The van der Waals surface area contributed by atoms with Gasteiger partial charge in [-0.3, -0.25) is 4.79 Å². The first-order valence-corrected chi connectivity index (χ1v) is 8.04. The third-order valence-electron chi connectivity index (χ3n) is 4.03. The summed E-state index contributed by atoms with van der Waals surface area (Å²) in [5.74, 6) is -0.0971. The lowest BCUT2D eigenvalue weighted by Crippen LogP contribution is -2.42. The van der Waals surface area contributed by atoms with Crippen LogP contribution in [0.1, 0.15) is 55.8 Å². The number of aliphatic hydroxyl groups excluding tert-OH is 1. The molecule has 0 saturated heterocycles. The third kappa shape index (κ3) is 4.46. The van der Waals surface area contributed by atoms with Crippen LogP contribution in [0.4, 0.5) is 5.69 Å². The first-order chi connectivity index (χ1) is 10.2. The smallest absolute Gasteiger partial charge is 0.253 e. The van der Waals surface area contributed by atoms with E-state index in [-0.39, 0.29) is 11.9 Å². The Bertz CT molecular complexity index is 462. The van der Waals surface area contributed by atoms with Crippen molar-refractivity contribution in [2.45, 2.75) is 57.6 Å². The highest BCUT2D eigenvalue weighted by atomic mass is 16.3. The predicted molar refractivity (Wildman–Crippen MR) is 85.6 cm³/mol. The standard InChI is InChI=1S/C17H26N2O2/c1-2-12-18-14-9-7-6-8-13(14)17(21)19-15-10-4-3-5-11-16(15)20/h6-9,15-16,18,20H,2-5,10-12H2,1H3,(H,19,21). The Kier molecular flexibility index (Phi) is 6.05. The monoisotopic (exact) mass is 290 g/mol. The van der Waals surface area contributed by atoms with Crippen LogP contribution in [-0.2, 0) is 0 Å². The fraction of sp³-hybridized carbons (Fsp3) is 0.588. The molecule has 0 aliphatic heterocycles. The second kappa shape index (κ2) is 8.03. The highest BCUT2D eigenvalue weighted by Crippen LogP contribution is 2.20. The quantitative estimate of drug-likeness (QED) is 0.731. The number of rotatable bonds is 5. The number of carbonyl (C=O) groups excluding carboxylic acids is 1. The molecule has 4 heteroatoms. The lowest BCUT2D eigenvalue weighted by atomic mass is 10.0. The first-order valence-electron chi connectivity index (χ1n) is 8.04. The molecular formula is C17H26N2O2. The van der Waals surface area contributed by atoms with Gasteiger partial charge in [0.2, 0.25) is 0 Å². The lowest BCUT2D eigenvalue weighted by Gasteiger charge is -2.22. The predicted octanol–water partition coefficient (Wildman–Crippen LogP) is 2.93. The van der Waals surface area contributed by atoms with E-state index in [1.54, 1.807) is 0 Å². The topological polar surface area (TPSA) is 61.4 Å². The molecule has 116 valence electrons. The highest BCUT2D eigenvalue weighted by molar-refractivity contribution is 5.99.